The second-order valence-corrected chi connectivity index (χ2v) is 4.12. The van der Waals surface area contributed by atoms with E-state index in [0.29, 0.717) is 5.56 Å². The van der Waals surface area contributed by atoms with Crippen LogP contribution in [-0.4, -0.2) is 15.3 Å². The van der Waals surface area contributed by atoms with Gasteiger partial charge in [0.2, 0.25) is 0 Å². The Balaban J connectivity index is 2.22. The summed E-state index contributed by atoms with van der Waals surface area (Å²) < 4.78 is 0. The maximum Gasteiger partial charge on any atom is 0.124 e. The van der Waals surface area contributed by atoms with Crippen LogP contribution in [0.1, 0.15) is 18.5 Å². The number of anilines is 1. The summed E-state index contributed by atoms with van der Waals surface area (Å²) in [5, 5.41) is 31.8. The Morgan fingerprint density at radius 1 is 0.889 bits per heavy atom. The Kier molecular flexibility index (Phi) is 3.28. The third-order valence-corrected chi connectivity index (χ3v) is 2.74. The first-order valence-electron chi connectivity index (χ1n) is 5.64. The Hall–Kier alpha value is -2.36. The van der Waals surface area contributed by atoms with Gasteiger partial charge in [-0.2, -0.15) is 0 Å². The molecule has 0 fully saturated rings. The van der Waals surface area contributed by atoms with Crippen LogP contribution in [0.2, 0.25) is 0 Å². The first kappa shape index (κ1) is 12.1. The molecule has 18 heavy (non-hydrogen) atoms. The highest BCUT2D eigenvalue weighted by Gasteiger charge is 2.14. The molecule has 0 aliphatic rings. The van der Waals surface area contributed by atoms with E-state index in [4.69, 9.17) is 0 Å². The molecule has 4 heteroatoms. The summed E-state index contributed by atoms with van der Waals surface area (Å²) in [6.07, 6.45) is 0. The number of hydrogen-bond acceptors (Lipinski definition) is 4. The van der Waals surface area contributed by atoms with Crippen LogP contribution in [-0.2, 0) is 0 Å². The minimum atomic E-state index is -0.254. The fraction of sp³-hybridized carbons (Fsp3) is 0.143. The van der Waals surface area contributed by atoms with E-state index in [1.807, 2.05) is 6.92 Å². The van der Waals surface area contributed by atoms with Gasteiger partial charge in [0.15, 0.2) is 0 Å². The third-order valence-electron chi connectivity index (χ3n) is 2.74. The van der Waals surface area contributed by atoms with Crippen molar-refractivity contribution in [1.29, 1.82) is 0 Å². The molecule has 2 aromatic carbocycles. The van der Waals surface area contributed by atoms with Crippen molar-refractivity contribution in [1.82, 2.24) is 0 Å². The molecule has 4 nitrogen and oxygen atoms in total. The zero-order chi connectivity index (χ0) is 13.1. The molecule has 0 saturated heterocycles. The lowest BCUT2D eigenvalue weighted by Gasteiger charge is -2.18. The van der Waals surface area contributed by atoms with E-state index in [0.717, 1.165) is 5.69 Å². The van der Waals surface area contributed by atoms with Crippen LogP contribution in [0.4, 0.5) is 5.69 Å². The molecule has 0 saturated carbocycles. The van der Waals surface area contributed by atoms with E-state index >= 15 is 0 Å². The molecule has 0 spiro atoms. The van der Waals surface area contributed by atoms with Gasteiger partial charge in [0.05, 0.1) is 11.6 Å². The number of phenolic OH excluding ortho intramolecular Hbond substituents is 3. The average molecular weight is 245 g/mol. The minimum absolute atomic E-state index is 0.0498. The number of phenols is 3. The molecule has 0 aliphatic heterocycles. The highest BCUT2D eigenvalue weighted by molar-refractivity contribution is 5.52. The highest BCUT2D eigenvalue weighted by atomic mass is 16.3. The van der Waals surface area contributed by atoms with Gasteiger partial charge < -0.3 is 20.6 Å². The minimum Gasteiger partial charge on any atom is -0.508 e. The molecular formula is C14H15NO3. The molecule has 1 unspecified atom stereocenters. The van der Waals surface area contributed by atoms with Gasteiger partial charge in [0.1, 0.15) is 17.2 Å². The van der Waals surface area contributed by atoms with Crippen molar-refractivity contribution < 1.29 is 15.3 Å². The van der Waals surface area contributed by atoms with Gasteiger partial charge >= 0.3 is 0 Å². The molecule has 1 atom stereocenters. The third kappa shape index (κ3) is 2.48. The highest BCUT2D eigenvalue weighted by Crippen LogP contribution is 2.34. The monoisotopic (exact) mass is 245 g/mol. The topological polar surface area (TPSA) is 72.7 Å². The molecule has 94 valence electrons. The van der Waals surface area contributed by atoms with Crippen molar-refractivity contribution in [2.45, 2.75) is 13.0 Å². The molecule has 0 bridgehead atoms. The van der Waals surface area contributed by atoms with Crippen LogP contribution in [0.15, 0.2) is 42.5 Å². The van der Waals surface area contributed by atoms with Gasteiger partial charge in [-0.1, -0.05) is 6.07 Å². The van der Waals surface area contributed by atoms with Crippen LogP contribution < -0.4 is 5.32 Å². The number of rotatable bonds is 3. The molecule has 2 rings (SSSR count). The lowest BCUT2D eigenvalue weighted by molar-refractivity contribution is 0.434. The normalized spacial score (nSPS) is 12.1. The predicted octanol–water partition coefficient (Wildman–Crippen LogP) is 2.98. The number of nitrogens with one attached hydrogen (secondary N) is 1. The fourth-order valence-corrected chi connectivity index (χ4v) is 1.86. The molecular weight excluding hydrogens is 230 g/mol. The summed E-state index contributed by atoms with van der Waals surface area (Å²) in [7, 11) is 0. The van der Waals surface area contributed by atoms with E-state index in [2.05, 4.69) is 5.32 Å². The van der Waals surface area contributed by atoms with Gasteiger partial charge in [0, 0.05) is 5.69 Å². The largest absolute Gasteiger partial charge is 0.508 e. The van der Waals surface area contributed by atoms with Gasteiger partial charge in [-0.05, 0) is 43.3 Å². The summed E-state index contributed by atoms with van der Waals surface area (Å²) >= 11 is 0. The Morgan fingerprint density at radius 3 is 2.00 bits per heavy atom. The molecule has 2 aromatic rings. The van der Waals surface area contributed by atoms with Crippen LogP contribution in [0.5, 0.6) is 17.2 Å². The van der Waals surface area contributed by atoms with E-state index in [-0.39, 0.29) is 23.3 Å². The quantitative estimate of drug-likeness (QED) is 0.627. The average Bonchev–Trinajstić information content (AvgIpc) is 2.32. The maximum absolute atomic E-state index is 9.74. The second-order valence-electron chi connectivity index (χ2n) is 4.12. The molecule has 0 radical (unpaired) electrons. The second kappa shape index (κ2) is 4.87. The van der Waals surface area contributed by atoms with E-state index in [1.54, 1.807) is 30.3 Å². The van der Waals surface area contributed by atoms with E-state index < -0.39 is 0 Å². The molecule has 4 N–H and O–H groups in total. The maximum atomic E-state index is 9.74. The van der Waals surface area contributed by atoms with Crippen LogP contribution in [0.3, 0.4) is 0 Å². The van der Waals surface area contributed by atoms with Gasteiger partial charge in [-0.25, -0.2) is 0 Å². The first-order valence-corrected chi connectivity index (χ1v) is 5.64. The predicted molar refractivity (Wildman–Crippen MR) is 69.9 cm³/mol. The lowest BCUT2D eigenvalue weighted by Crippen LogP contribution is -2.06. The van der Waals surface area contributed by atoms with Gasteiger partial charge in [0.25, 0.3) is 0 Å². The molecule has 0 heterocycles. The fourth-order valence-electron chi connectivity index (χ4n) is 1.86. The summed E-state index contributed by atoms with van der Waals surface area (Å²) in [5.74, 6) is 0.293. The van der Waals surface area contributed by atoms with Crippen LogP contribution >= 0.6 is 0 Å². The summed E-state index contributed by atoms with van der Waals surface area (Å²) in [6.45, 7) is 1.83. The summed E-state index contributed by atoms with van der Waals surface area (Å²) in [6, 6.07) is 11.0. The summed E-state index contributed by atoms with van der Waals surface area (Å²) in [4.78, 5) is 0. The Bertz CT molecular complexity index is 517. The van der Waals surface area contributed by atoms with Crippen molar-refractivity contribution in [2.75, 3.05) is 5.32 Å². The van der Waals surface area contributed by atoms with Gasteiger partial charge in [-0.3, -0.25) is 0 Å². The Labute approximate surface area is 105 Å². The van der Waals surface area contributed by atoms with Crippen molar-refractivity contribution in [3.05, 3.63) is 48.0 Å². The van der Waals surface area contributed by atoms with E-state index in [9.17, 15) is 15.3 Å². The van der Waals surface area contributed by atoms with Crippen LogP contribution in [0.25, 0.3) is 0 Å². The van der Waals surface area contributed by atoms with Crippen molar-refractivity contribution in [3.8, 4) is 17.2 Å². The van der Waals surface area contributed by atoms with Gasteiger partial charge in [-0.15, -0.1) is 0 Å². The van der Waals surface area contributed by atoms with Crippen molar-refractivity contribution in [2.24, 2.45) is 0 Å². The molecule has 0 aromatic heterocycles. The lowest BCUT2D eigenvalue weighted by atomic mass is 10.1. The number of hydrogen-bond donors (Lipinski definition) is 4. The van der Waals surface area contributed by atoms with Crippen molar-refractivity contribution >= 4 is 5.69 Å². The smallest absolute Gasteiger partial charge is 0.124 e. The zero-order valence-electron chi connectivity index (χ0n) is 9.96. The SMILES string of the molecule is CC(Nc1ccc(O)cc1)c1c(O)cccc1O. The zero-order valence-corrected chi connectivity index (χ0v) is 9.96. The number of aromatic hydroxyl groups is 3. The van der Waals surface area contributed by atoms with E-state index in [1.165, 1.54) is 12.1 Å². The summed E-state index contributed by atoms with van der Waals surface area (Å²) in [5.41, 5.74) is 1.24. The van der Waals surface area contributed by atoms with Crippen LogP contribution in [0, 0.1) is 0 Å². The number of benzene rings is 2. The standard InChI is InChI=1S/C14H15NO3/c1-9(14-12(17)3-2-4-13(14)18)15-10-5-7-11(16)8-6-10/h2-9,15-18H,1H3. The Morgan fingerprint density at radius 2 is 1.44 bits per heavy atom. The molecule has 0 aliphatic carbocycles. The first-order chi connectivity index (χ1) is 8.58. The van der Waals surface area contributed by atoms with Crippen molar-refractivity contribution in [3.63, 3.8) is 0 Å². The molecule has 0 amide bonds.